The molecule has 2 atom stereocenters. The van der Waals surface area contributed by atoms with Crippen molar-refractivity contribution in [3.8, 4) is 5.75 Å². The number of ether oxygens (including phenoxy) is 1. The number of aliphatic imine (C=N–C) groups is 1. The molecule has 0 saturated carbocycles. The first-order valence-corrected chi connectivity index (χ1v) is 16.5. The topological polar surface area (TPSA) is 65.0 Å². The Morgan fingerprint density at radius 3 is 2.58 bits per heavy atom. The van der Waals surface area contributed by atoms with Crippen molar-refractivity contribution in [3.05, 3.63) is 66.0 Å². The summed E-state index contributed by atoms with van der Waals surface area (Å²) in [7, 11) is 3.68. The SMILES string of the molecule is CC.CCCCCC(CCC)N(C)C1=CN=C2C(N1)C(c1cncc(OC)c1)=CN2c1c(F)ccc(NSCCC)c1F. The van der Waals surface area contributed by atoms with Gasteiger partial charge in [-0.2, -0.15) is 0 Å². The number of rotatable bonds is 15. The second-order valence-electron chi connectivity index (χ2n) is 10.4. The van der Waals surface area contributed by atoms with Crippen LogP contribution < -0.4 is 19.7 Å². The van der Waals surface area contributed by atoms with E-state index in [0.717, 1.165) is 48.4 Å². The van der Waals surface area contributed by atoms with E-state index in [9.17, 15) is 0 Å². The molecule has 2 unspecified atom stereocenters. The first-order valence-electron chi connectivity index (χ1n) is 15.6. The average molecular weight is 615 g/mol. The van der Waals surface area contributed by atoms with Crippen molar-refractivity contribution in [1.82, 2.24) is 15.2 Å². The standard InChI is InChI=1S/C31H42F2N6OS.C2H6/c1-6-9-10-12-22(11-7-2)38(4)27-19-35-31-29(36-27)24(21-16-23(40-5)18-34-17-21)20-39(31)30-25(32)13-14-26(28(30)33)37-41-15-8-3;1-2/h13-14,16-20,22,29,36-37H,6-12,15H2,1-5H3;1-2H3. The largest absolute Gasteiger partial charge is 0.495 e. The van der Waals surface area contributed by atoms with Gasteiger partial charge in [0.05, 0.1) is 25.2 Å². The number of halogens is 2. The number of methoxy groups -OCH3 is 1. The molecule has 0 aliphatic carbocycles. The Morgan fingerprint density at radius 2 is 1.88 bits per heavy atom. The summed E-state index contributed by atoms with van der Waals surface area (Å²) in [4.78, 5) is 12.9. The number of hydrogen-bond donors (Lipinski definition) is 2. The molecule has 43 heavy (non-hydrogen) atoms. The van der Waals surface area contributed by atoms with Crippen molar-refractivity contribution in [2.24, 2.45) is 4.99 Å². The van der Waals surface area contributed by atoms with Gasteiger partial charge >= 0.3 is 0 Å². The van der Waals surface area contributed by atoms with Gasteiger partial charge in [0, 0.05) is 42.4 Å². The molecule has 1 aromatic carbocycles. The summed E-state index contributed by atoms with van der Waals surface area (Å²) in [6.07, 6.45) is 14.6. The van der Waals surface area contributed by atoms with E-state index < -0.39 is 17.7 Å². The number of amidine groups is 1. The fourth-order valence-corrected chi connectivity index (χ4v) is 5.83. The quantitative estimate of drug-likeness (QED) is 0.154. The number of hydrogen-bond acceptors (Lipinski definition) is 8. The minimum absolute atomic E-state index is 0.169. The number of aromatic nitrogens is 1. The molecule has 0 spiro atoms. The summed E-state index contributed by atoms with van der Waals surface area (Å²) in [6.45, 7) is 10.5. The van der Waals surface area contributed by atoms with Crippen LogP contribution >= 0.6 is 11.9 Å². The predicted octanol–water partition coefficient (Wildman–Crippen LogP) is 8.58. The van der Waals surface area contributed by atoms with Crippen molar-refractivity contribution in [2.75, 3.05) is 29.5 Å². The van der Waals surface area contributed by atoms with Crippen LogP contribution in [-0.2, 0) is 0 Å². The summed E-state index contributed by atoms with van der Waals surface area (Å²) >= 11 is 1.39. The van der Waals surface area contributed by atoms with Crippen LogP contribution in [0.3, 0.4) is 0 Å². The molecule has 236 valence electrons. The number of unbranched alkanes of at least 4 members (excludes halogenated alkanes) is 2. The molecule has 0 bridgehead atoms. The molecule has 2 aliphatic rings. The molecular weight excluding hydrogens is 566 g/mol. The molecule has 4 rings (SSSR count). The van der Waals surface area contributed by atoms with E-state index in [-0.39, 0.29) is 11.4 Å². The van der Waals surface area contributed by atoms with Crippen LogP contribution in [0.25, 0.3) is 5.57 Å². The number of pyridine rings is 1. The highest BCUT2D eigenvalue weighted by Crippen LogP contribution is 2.39. The Morgan fingerprint density at radius 1 is 1.09 bits per heavy atom. The van der Waals surface area contributed by atoms with Gasteiger partial charge in [0.15, 0.2) is 5.82 Å². The highest BCUT2D eigenvalue weighted by Gasteiger charge is 2.39. The maximum Gasteiger partial charge on any atom is 0.174 e. The van der Waals surface area contributed by atoms with Crippen LogP contribution in [0.4, 0.5) is 20.2 Å². The number of nitrogens with zero attached hydrogens (tertiary/aromatic N) is 4. The Bertz CT molecular complexity index is 1280. The third-order valence-corrected chi connectivity index (χ3v) is 8.44. The Balaban J connectivity index is 0.00000248. The van der Waals surface area contributed by atoms with Gasteiger partial charge < -0.3 is 19.7 Å². The minimum Gasteiger partial charge on any atom is -0.495 e. The molecule has 2 aliphatic heterocycles. The number of fused-ring (bicyclic) bond motifs is 1. The van der Waals surface area contributed by atoms with E-state index in [4.69, 9.17) is 9.73 Å². The summed E-state index contributed by atoms with van der Waals surface area (Å²) in [5.41, 5.74) is 1.64. The van der Waals surface area contributed by atoms with Gasteiger partial charge in [0.2, 0.25) is 0 Å². The van der Waals surface area contributed by atoms with Gasteiger partial charge in [-0.15, -0.1) is 0 Å². The second kappa shape index (κ2) is 17.1. The van der Waals surface area contributed by atoms with Crippen LogP contribution in [0.1, 0.15) is 85.1 Å². The van der Waals surface area contributed by atoms with Crippen LogP contribution in [0.15, 0.2) is 53.8 Å². The zero-order valence-electron chi connectivity index (χ0n) is 26.7. The molecule has 0 radical (unpaired) electrons. The predicted molar refractivity (Wildman–Crippen MR) is 178 cm³/mol. The van der Waals surface area contributed by atoms with E-state index in [1.54, 1.807) is 31.9 Å². The lowest BCUT2D eigenvalue weighted by molar-refractivity contribution is 0.247. The van der Waals surface area contributed by atoms with E-state index in [1.165, 1.54) is 48.2 Å². The molecule has 0 amide bonds. The van der Waals surface area contributed by atoms with Crippen LogP contribution in [0.5, 0.6) is 5.75 Å². The molecule has 3 heterocycles. The fraction of sp³-hybridized carbons (Fsp3) is 0.515. The third kappa shape index (κ3) is 8.22. The molecule has 2 N–H and O–H groups in total. The number of benzene rings is 1. The zero-order valence-corrected chi connectivity index (χ0v) is 27.5. The van der Waals surface area contributed by atoms with E-state index >= 15 is 8.78 Å². The highest BCUT2D eigenvalue weighted by molar-refractivity contribution is 8.00. The molecule has 0 saturated heterocycles. The van der Waals surface area contributed by atoms with Gasteiger partial charge in [0.1, 0.15) is 35.0 Å². The lowest BCUT2D eigenvalue weighted by Gasteiger charge is -2.36. The van der Waals surface area contributed by atoms with Crippen molar-refractivity contribution >= 4 is 34.7 Å². The van der Waals surface area contributed by atoms with Gasteiger partial charge in [-0.3, -0.25) is 9.88 Å². The molecule has 2 aromatic rings. The third-order valence-electron chi connectivity index (χ3n) is 7.46. The van der Waals surface area contributed by atoms with Crippen LogP contribution in [0.2, 0.25) is 0 Å². The lowest BCUT2D eigenvalue weighted by Crippen LogP contribution is -2.47. The lowest BCUT2D eigenvalue weighted by atomic mass is 10.0. The molecule has 10 heteroatoms. The summed E-state index contributed by atoms with van der Waals surface area (Å²) in [6, 6.07) is 4.53. The van der Waals surface area contributed by atoms with Gasteiger partial charge in [-0.1, -0.05) is 72.2 Å². The van der Waals surface area contributed by atoms with Crippen molar-refractivity contribution in [2.45, 2.75) is 91.6 Å². The molecular formula is C33H48F2N6OS. The maximum atomic E-state index is 15.8. The Labute approximate surface area is 261 Å². The molecule has 1 aromatic heterocycles. The zero-order chi connectivity index (χ0) is 31.4. The smallest absolute Gasteiger partial charge is 0.174 e. The number of anilines is 2. The normalized spacial score (nSPS) is 16.2. The fourth-order valence-electron chi connectivity index (χ4n) is 5.21. The summed E-state index contributed by atoms with van der Waals surface area (Å²) in [5, 5.41) is 3.64. The Kier molecular flexibility index (Phi) is 13.6. The van der Waals surface area contributed by atoms with E-state index in [2.05, 4.69) is 40.8 Å². The minimum atomic E-state index is -0.665. The van der Waals surface area contributed by atoms with Crippen molar-refractivity contribution < 1.29 is 13.5 Å². The van der Waals surface area contributed by atoms with Gasteiger partial charge in [-0.25, -0.2) is 13.8 Å². The van der Waals surface area contributed by atoms with Gasteiger partial charge in [0.25, 0.3) is 0 Å². The first kappa shape index (κ1) is 34.2. The first-order chi connectivity index (χ1) is 20.9. The average Bonchev–Trinajstić information content (AvgIpc) is 3.41. The van der Waals surface area contributed by atoms with Crippen LogP contribution in [-0.4, -0.2) is 47.7 Å². The summed E-state index contributed by atoms with van der Waals surface area (Å²) < 4.78 is 39.6. The Hall–Kier alpha value is -3.27. The number of nitrogens with one attached hydrogen (secondary N) is 2. The van der Waals surface area contributed by atoms with Gasteiger partial charge in [-0.05, 0) is 37.5 Å². The van der Waals surface area contributed by atoms with Crippen LogP contribution in [0, 0.1) is 11.6 Å². The van der Waals surface area contributed by atoms with E-state index in [0.29, 0.717) is 17.6 Å². The van der Waals surface area contributed by atoms with E-state index in [1.807, 2.05) is 26.8 Å². The molecule has 7 nitrogen and oxygen atoms in total. The maximum absolute atomic E-state index is 15.8. The van der Waals surface area contributed by atoms with Crippen molar-refractivity contribution in [1.29, 1.82) is 0 Å². The second-order valence-corrected chi connectivity index (χ2v) is 11.3. The highest BCUT2D eigenvalue weighted by atomic mass is 32.2. The summed E-state index contributed by atoms with van der Waals surface area (Å²) in [5.74, 6) is 1.45. The molecule has 0 fully saturated rings. The van der Waals surface area contributed by atoms with Crippen molar-refractivity contribution in [3.63, 3.8) is 0 Å². The monoisotopic (exact) mass is 614 g/mol.